The Bertz CT molecular complexity index is 1360. The van der Waals surface area contributed by atoms with E-state index in [4.69, 9.17) is 15.6 Å². The predicted octanol–water partition coefficient (Wildman–Crippen LogP) is 7.87. The molecule has 3 nitrogen and oxygen atoms in total. The van der Waals surface area contributed by atoms with Gasteiger partial charge in [-0.2, -0.15) is 0 Å². The zero-order valence-corrected chi connectivity index (χ0v) is 19.4. The summed E-state index contributed by atoms with van der Waals surface area (Å²) in [4.78, 5) is 0. The summed E-state index contributed by atoms with van der Waals surface area (Å²) in [6.45, 7) is 4.47. The third kappa shape index (κ3) is 3.87. The van der Waals surface area contributed by atoms with Crippen molar-refractivity contribution >= 4 is 21.8 Å². The van der Waals surface area contributed by atoms with E-state index >= 15 is 0 Å². The van der Waals surface area contributed by atoms with Gasteiger partial charge in [0.25, 0.3) is 0 Å². The van der Waals surface area contributed by atoms with E-state index in [-0.39, 0.29) is 5.41 Å². The largest absolute Gasteiger partial charge is 0.456 e. The lowest BCUT2D eigenvalue weighted by molar-refractivity contribution is 0.419. The van der Waals surface area contributed by atoms with Crippen molar-refractivity contribution in [3.8, 4) is 22.6 Å². The summed E-state index contributed by atoms with van der Waals surface area (Å²) in [7, 11) is 0. The molecule has 0 atom stereocenters. The van der Waals surface area contributed by atoms with Crippen LogP contribution >= 0.6 is 11.8 Å². The number of rotatable bonds is 3. The lowest BCUT2D eigenvalue weighted by atomic mass is 9.75. The third-order valence-corrected chi connectivity index (χ3v) is 7.04. The Labute approximate surface area is 198 Å². The Morgan fingerprint density at radius 3 is 2.00 bits per heavy atom. The number of fused-ring (bicyclic) bond motifs is 2. The van der Waals surface area contributed by atoms with Crippen molar-refractivity contribution in [1.82, 2.24) is 0 Å². The number of thioether (sulfide) groups is 1. The van der Waals surface area contributed by atoms with Crippen LogP contribution in [-0.4, -0.2) is 10.1 Å². The Morgan fingerprint density at radius 1 is 0.667 bits per heavy atom. The molecule has 0 amide bonds. The van der Waals surface area contributed by atoms with Gasteiger partial charge in [-0.3, -0.25) is 10.8 Å². The first kappa shape index (κ1) is 21.2. The van der Waals surface area contributed by atoms with Crippen LogP contribution in [-0.2, 0) is 5.41 Å². The summed E-state index contributed by atoms with van der Waals surface area (Å²) in [5.74, 6) is 1.79. The molecule has 0 bridgehead atoms. The van der Waals surface area contributed by atoms with Crippen molar-refractivity contribution in [2.24, 2.45) is 0 Å². The highest BCUT2D eigenvalue weighted by Gasteiger charge is 2.35. The van der Waals surface area contributed by atoms with E-state index in [1.165, 1.54) is 11.1 Å². The molecule has 0 unspecified atom stereocenters. The van der Waals surface area contributed by atoms with Gasteiger partial charge in [-0.05, 0) is 11.6 Å². The van der Waals surface area contributed by atoms with E-state index in [9.17, 15) is 0 Å². The molecule has 2 N–H and O–H groups in total. The normalized spacial score (nSPS) is 13.4. The van der Waals surface area contributed by atoms with Crippen molar-refractivity contribution in [3.63, 3.8) is 0 Å². The lowest BCUT2D eigenvalue weighted by Crippen LogP contribution is -2.24. The van der Waals surface area contributed by atoms with Gasteiger partial charge < -0.3 is 4.74 Å². The maximum atomic E-state index is 8.47. The molecule has 33 heavy (non-hydrogen) atoms. The van der Waals surface area contributed by atoms with Crippen LogP contribution in [0.1, 0.15) is 36.1 Å². The Balaban J connectivity index is 1.43. The van der Waals surface area contributed by atoms with Gasteiger partial charge in [0, 0.05) is 33.2 Å². The topological polar surface area (TPSA) is 56.9 Å². The van der Waals surface area contributed by atoms with E-state index < -0.39 is 0 Å². The quantitative estimate of drug-likeness (QED) is 0.247. The van der Waals surface area contributed by atoms with Crippen LogP contribution in [0.15, 0.2) is 97.1 Å². The zero-order valence-electron chi connectivity index (χ0n) is 18.6. The van der Waals surface area contributed by atoms with Crippen molar-refractivity contribution in [1.29, 1.82) is 10.8 Å². The van der Waals surface area contributed by atoms with Gasteiger partial charge in [-0.25, -0.2) is 0 Å². The van der Waals surface area contributed by atoms with E-state index in [1.807, 2.05) is 66.7 Å². The van der Waals surface area contributed by atoms with Gasteiger partial charge in [0.15, 0.2) is 0 Å². The predicted molar refractivity (Wildman–Crippen MR) is 138 cm³/mol. The second-order valence-corrected chi connectivity index (χ2v) is 9.63. The molecule has 4 heteroatoms. The second-order valence-electron chi connectivity index (χ2n) is 8.61. The number of para-hydroxylation sites is 2. The smallest absolute Gasteiger partial charge is 0.139 e. The summed E-state index contributed by atoms with van der Waals surface area (Å²) in [5, 5.41) is 17.5. The maximum Gasteiger partial charge on any atom is 0.139 e. The van der Waals surface area contributed by atoms with Crippen molar-refractivity contribution in [3.05, 3.63) is 119 Å². The molecule has 0 saturated heterocycles. The number of benzene rings is 4. The highest BCUT2D eigenvalue weighted by atomic mass is 32.2. The van der Waals surface area contributed by atoms with E-state index in [0.29, 0.717) is 10.1 Å². The molecule has 1 aliphatic rings. The van der Waals surface area contributed by atoms with Crippen LogP contribution in [0.3, 0.4) is 0 Å². The third-order valence-electron chi connectivity index (χ3n) is 6.16. The highest BCUT2D eigenvalue weighted by molar-refractivity contribution is 8.27. The number of hydrogen-bond donors (Lipinski definition) is 2. The molecule has 4 aromatic carbocycles. The summed E-state index contributed by atoms with van der Waals surface area (Å²) in [5.41, 5.74) is 5.90. The first-order valence-electron chi connectivity index (χ1n) is 10.9. The molecule has 0 radical (unpaired) electrons. The van der Waals surface area contributed by atoms with Gasteiger partial charge in [0.2, 0.25) is 0 Å². The lowest BCUT2D eigenvalue weighted by Gasteiger charge is -2.35. The average molecular weight is 449 g/mol. The van der Waals surface area contributed by atoms with Gasteiger partial charge in [0.05, 0.1) is 0 Å². The minimum Gasteiger partial charge on any atom is -0.456 e. The van der Waals surface area contributed by atoms with E-state index in [0.717, 1.165) is 45.5 Å². The van der Waals surface area contributed by atoms with Crippen LogP contribution < -0.4 is 4.74 Å². The first-order chi connectivity index (χ1) is 15.9. The number of ether oxygens (including phenoxy) is 1. The first-order valence-corrected chi connectivity index (χ1v) is 11.7. The van der Waals surface area contributed by atoms with Crippen LogP contribution in [0.4, 0.5) is 0 Å². The Kier molecular flexibility index (Phi) is 5.39. The highest BCUT2D eigenvalue weighted by Crippen LogP contribution is 2.50. The summed E-state index contributed by atoms with van der Waals surface area (Å²) in [6, 6.07) is 32.0. The molecule has 162 valence electrons. The number of nitrogens with one attached hydrogen (secondary N) is 2. The second kappa shape index (κ2) is 8.38. The summed E-state index contributed by atoms with van der Waals surface area (Å²) in [6.07, 6.45) is 0. The van der Waals surface area contributed by atoms with Gasteiger partial charge >= 0.3 is 0 Å². The standard InChI is InChI=1S/C29H24N2OS/c1-29(2)23-12-6-7-14-25(23)32-26-22(11-8-13-24(26)29)19-15-17-21(18-16-19)28(31)33-27(30)20-9-4-3-5-10-20/h3-18,30-31H,1-2H3. The van der Waals surface area contributed by atoms with Crippen LogP contribution in [0, 0.1) is 10.8 Å². The molecule has 0 aliphatic carbocycles. The SMILES string of the molecule is CC1(C)c2ccccc2Oc2c(-c3ccc(C(=N)SC(=N)c4ccccc4)cc3)cccc21. The van der Waals surface area contributed by atoms with Crippen LogP contribution in [0.25, 0.3) is 11.1 Å². The van der Waals surface area contributed by atoms with Gasteiger partial charge in [0.1, 0.15) is 21.6 Å². The Hall–Kier alpha value is -3.63. The van der Waals surface area contributed by atoms with Crippen molar-refractivity contribution in [2.45, 2.75) is 19.3 Å². The summed E-state index contributed by atoms with van der Waals surface area (Å²) >= 11 is 1.16. The fourth-order valence-corrected chi connectivity index (χ4v) is 5.02. The minimum atomic E-state index is -0.156. The van der Waals surface area contributed by atoms with Gasteiger partial charge in [-0.15, -0.1) is 0 Å². The van der Waals surface area contributed by atoms with Gasteiger partial charge in [-0.1, -0.05) is 117 Å². The summed E-state index contributed by atoms with van der Waals surface area (Å²) < 4.78 is 6.40. The molecule has 0 spiro atoms. The molecule has 0 saturated carbocycles. The molecule has 1 aliphatic heterocycles. The molecule has 1 heterocycles. The zero-order chi connectivity index (χ0) is 23.0. The Morgan fingerprint density at radius 2 is 1.27 bits per heavy atom. The minimum absolute atomic E-state index is 0.156. The fourth-order valence-electron chi connectivity index (χ4n) is 4.30. The molecule has 0 aromatic heterocycles. The maximum absolute atomic E-state index is 8.47. The molecule has 4 aromatic rings. The number of hydrogen-bond acceptors (Lipinski definition) is 4. The molecular weight excluding hydrogens is 424 g/mol. The van der Waals surface area contributed by atoms with Crippen LogP contribution in [0.2, 0.25) is 0 Å². The van der Waals surface area contributed by atoms with Crippen LogP contribution in [0.5, 0.6) is 11.5 Å². The van der Waals surface area contributed by atoms with E-state index in [2.05, 4.69) is 44.2 Å². The fraction of sp³-hybridized carbons (Fsp3) is 0.103. The average Bonchev–Trinajstić information content (AvgIpc) is 2.84. The van der Waals surface area contributed by atoms with Crippen molar-refractivity contribution < 1.29 is 4.74 Å². The molecular formula is C29H24N2OS. The monoisotopic (exact) mass is 448 g/mol. The van der Waals surface area contributed by atoms with E-state index in [1.54, 1.807) is 0 Å². The van der Waals surface area contributed by atoms with Crippen molar-refractivity contribution in [2.75, 3.05) is 0 Å². The molecule has 5 rings (SSSR count). The molecule has 0 fully saturated rings.